The van der Waals surface area contributed by atoms with Gasteiger partial charge in [-0.15, -0.1) is 0 Å². The van der Waals surface area contributed by atoms with Crippen molar-refractivity contribution >= 4 is 28.1 Å². The van der Waals surface area contributed by atoms with E-state index in [1.165, 1.54) is 7.11 Å². The number of pyridine rings is 1. The number of rotatable bonds is 5. The Hall–Kier alpha value is -1.79. The van der Waals surface area contributed by atoms with Crippen molar-refractivity contribution in [3.05, 3.63) is 41.2 Å². The number of methoxy groups -OCH3 is 2. The first-order chi connectivity index (χ1) is 10.1. The first kappa shape index (κ1) is 15.6. The summed E-state index contributed by atoms with van der Waals surface area (Å²) in [4.78, 5) is 4.79. The third-order valence-corrected chi connectivity index (χ3v) is 4.51. The molecule has 2 aromatic rings. The number of nitrogen functional groups attached to an aromatic ring is 1. The highest BCUT2D eigenvalue weighted by atomic mass is 35.5. The third-order valence-electron chi connectivity index (χ3n) is 2.87. The van der Waals surface area contributed by atoms with Crippen molar-refractivity contribution in [2.75, 3.05) is 20.0 Å². The predicted octanol–water partition coefficient (Wildman–Crippen LogP) is 2.64. The zero-order chi connectivity index (χ0) is 15.4. The topological polar surface area (TPSA) is 74.4 Å². The van der Waals surface area contributed by atoms with Gasteiger partial charge in [0.15, 0.2) is 11.5 Å². The van der Waals surface area contributed by atoms with Crippen LogP contribution in [-0.4, -0.2) is 23.4 Å². The van der Waals surface area contributed by atoms with Gasteiger partial charge in [0.05, 0.1) is 47.2 Å². The Bertz CT molecular complexity index is 679. The summed E-state index contributed by atoms with van der Waals surface area (Å²) >= 11 is 5.95. The van der Waals surface area contributed by atoms with Crippen LogP contribution < -0.4 is 15.2 Å². The minimum absolute atomic E-state index is 0.195. The molecule has 7 heteroatoms. The summed E-state index contributed by atoms with van der Waals surface area (Å²) in [5, 5.41) is 0.381. The van der Waals surface area contributed by atoms with Gasteiger partial charge >= 0.3 is 0 Å². The fourth-order valence-corrected chi connectivity index (χ4v) is 3.15. The number of hydrogen-bond donors (Lipinski definition) is 1. The Morgan fingerprint density at radius 3 is 2.67 bits per heavy atom. The normalized spacial score (nSPS) is 12.0. The van der Waals surface area contributed by atoms with Gasteiger partial charge in [0.2, 0.25) is 0 Å². The highest BCUT2D eigenvalue weighted by Gasteiger charge is 2.15. The van der Waals surface area contributed by atoms with E-state index in [0.717, 1.165) is 0 Å². The van der Waals surface area contributed by atoms with Crippen LogP contribution in [0.25, 0.3) is 0 Å². The van der Waals surface area contributed by atoms with E-state index in [0.29, 0.717) is 32.8 Å². The van der Waals surface area contributed by atoms with Gasteiger partial charge in [0, 0.05) is 17.2 Å². The van der Waals surface area contributed by atoms with E-state index in [4.69, 9.17) is 26.8 Å². The SMILES string of the molecule is COc1ccnc(CS(=O)c2ccc(N)c(Cl)c2)c1OC. The molecule has 0 aliphatic heterocycles. The molecule has 2 rings (SSSR count). The lowest BCUT2D eigenvalue weighted by atomic mass is 10.3. The summed E-state index contributed by atoms with van der Waals surface area (Å²) in [5.41, 5.74) is 6.66. The lowest BCUT2D eigenvalue weighted by molar-refractivity contribution is 0.350. The monoisotopic (exact) mass is 326 g/mol. The number of ether oxygens (including phenoxy) is 2. The van der Waals surface area contributed by atoms with Gasteiger partial charge < -0.3 is 15.2 Å². The first-order valence-electron chi connectivity index (χ1n) is 6.06. The summed E-state index contributed by atoms with van der Waals surface area (Å²) in [6, 6.07) is 6.60. The molecule has 0 radical (unpaired) electrons. The highest BCUT2D eigenvalue weighted by molar-refractivity contribution is 7.84. The summed E-state index contributed by atoms with van der Waals surface area (Å²) in [6.07, 6.45) is 1.59. The molecule has 0 spiro atoms. The van der Waals surface area contributed by atoms with Gasteiger partial charge in [-0.2, -0.15) is 0 Å². The Balaban J connectivity index is 2.29. The first-order valence-corrected chi connectivity index (χ1v) is 7.75. The second-order valence-electron chi connectivity index (χ2n) is 4.17. The van der Waals surface area contributed by atoms with Crippen LogP contribution in [-0.2, 0) is 16.6 Å². The van der Waals surface area contributed by atoms with Gasteiger partial charge in [0.1, 0.15) is 0 Å². The number of nitrogens with zero attached hydrogens (tertiary/aromatic N) is 1. The van der Waals surface area contributed by atoms with Crippen LogP contribution in [0.3, 0.4) is 0 Å². The van der Waals surface area contributed by atoms with Crippen LogP contribution in [0.1, 0.15) is 5.69 Å². The van der Waals surface area contributed by atoms with Crippen molar-refractivity contribution < 1.29 is 13.7 Å². The summed E-state index contributed by atoms with van der Waals surface area (Å²) < 4.78 is 22.9. The Morgan fingerprint density at radius 2 is 2.05 bits per heavy atom. The Morgan fingerprint density at radius 1 is 1.29 bits per heavy atom. The van der Waals surface area contributed by atoms with Crippen molar-refractivity contribution in [3.8, 4) is 11.5 Å². The third kappa shape index (κ3) is 3.46. The number of nitrogens with two attached hydrogens (primary N) is 1. The lowest BCUT2D eigenvalue weighted by Crippen LogP contribution is -2.03. The molecule has 0 amide bonds. The van der Waals surface area contributed by atoms with Crippen LogP contribution in [0, 0.1) is 0 Å². The average molecular weight is 327 g/mol. The quantitative estimate of drug-likeness (QED) is 0.855. The predicted molar refractivity (Wildman–Crippen MR) is 83.3 cm³/mol. The molecule has 1 unspecified atom stereocenters. The molecule has 2 N–H and O–H groups in total. The molecule has 112 valence electrons. The molecular weight excluding hydrogens is 312 g/mol. The second kappa shape index (κ2) is 6.78. The molecule has 0 saturated heterocycles. The molecule has 0 aliphatic rings. The Kier molecular flexibility index (Phi) is 5.03. The largest absolute Gasteiger partial charge is 0.493 e. The van der Waals surface area contributed by atoms with Gasteiger partial charge in [-0.05, 0) is 18.2 Å². The minimum atomic E-state index is -1.31. The van der Waals surface area contributed by atoms with E-state index < -0.39 is 10.8 Å². The minimum Gasteiger partial charge on any atom is -0.493 e. The molecule has 0 fully saturated rings. The number of benzene rings is 1. The van der Waals surface area contributed by atoms with Gasteiger partial charge in [-0.25, -0.2) is 0 Å². The van der Waals surface area contributed by atoms with Crippen molar-refractivity contribution in [3.63, 3.8) is 0 Å². The van der Waals surface area contributed by atoms with Gasteiger partial charge in [-0.3, -0.25) is 9.19 Å². The van der Waals surface area contributed by atoms with E-state index in [9.17, 15) is 4.21 Å². The summed E-state index contributed by atoms with van der Waals surface area (Å²) in [7, 11) is 1.75. The maximum absolute atomic E-state index is 12.4. The van der Waals surface area contributed by atoms with Crippen LogP contribution in [0.5, 0.6) is 11.5 Å². The number of hydrogen-bond acceptors (Lipinski definition) is 5. The molecule has 21 heavy (non-hydrogen) atoms. The van der Waals surface area contributed by atoms with Crippen LogP contribution in [0.2, 0.25) is 5.02 Å². The molecule has 0 aliphatic carbocycles. The van der Waals surface area contributed by atoms with E-state index in [1.807, 2.05) is 0 Å². The molecule has 0 bridgehead atoms. The van der Waals surface area contributed by atoms with Crippen LogP contribution in [0.15, 0.2) is 35.4 Å². The van der Waals surface area contributed by atoms with Crippen LogP contribution in [0.4, 0.5) is 5.69 Å². The standard InChI is InChI=1S/C14H15ClN2O3S/c1-19-13-5-6-17-12(14(13)20-2)8-21(18)9-3-4-11(16)10(15)7-9/h3-7H,8,16H2,1-2H3. The van der Waals surface area contributed by atoms with E-state index >= 15 is 0 Å². The van der Waals surface area contributed by atoms with E-state index in [-0.39, 0.29) is 5.75 Å². The Labute approximate surface area is 130 Å². The zero-order valence-corrected chi connectivity index (χ0v) is 13.2. The van der Waals surface area contributed by atoms with Crippen molar-refractivity contribution in [2.45, 2.75) is 10.6 Å². The molecule has 1 aromatic carbocycles. The fraction of sp³-hybridized carbons (Fsp3) is 0.214. The van der Waals surface area contributed by atoms with Crippen molar-refractivity contribution in [2.24, 2.45) is 0 Å². The summed E-state index contributed by atoms with van der Waals surface area (Å²) in [5.74, 6) is 1.23. The second-order valence-corrected chi connectivity index (χ2v) is 6.02. The van der Waals surface area contributed by atoms with Gasteiger partial charge in [-0.1, -0.05) is 11.6 Å². The molecule has 0 saturated carbocycles. The maximum atomic E-state index is 12.4. The zero-order valence-electron chi connectivity index (χ0n) is 11.6. The average Bonchev–Trinajstić information content (AvgIpc) is 2.49. The molecular formula is C14H15ClN2O3S. The molecule has 1 heterocycles. The number of aromatic nitrogens is 1. The molecule has 5 nitrogen and oxygen atoms in total. The fourth-order valence-electron chi connectivity index (χ4n) is 1.81. The lowest BCUT2D eigenvalue weighted by Gasteiger charge is -2.11. The van der Waals surface area contributed by atoms with Crippen LogP contribution >= 0.6 is 11.6 Å². The molecule has 1 aromatic heterocycles. The van der Waals surface area contributed by atoms with E-state index in [1.54, 1.807) is 37.6 Å². The number of anilines is 1. The van der Waals surface area contributed by atoms with Crippen molar-refractivity contribution in [1.29, 1.82) is 0 Å². The van der Waals surface area contributed by atoms with Crippen molar-refractivity contribution in [1.82, 2.24) is 4.98 Å². The summed E-state index contributed by atoms with van der Waals surface area (Å²) in [6.45, 7) is 0. The van der Waals surface area contributed by atoms with E-state index in [2.05, 4.69) is 4.98 Å². The number of halogens is 1. The van der Waals surface area contributed by atoms with Gasteiger partial charge in [0.25, 0.3) is 0 Å². The highest BCUT2D eigenvalue weighted by Crippen LogP contribution is 2.31. The maximum Gasteiger partial charge on any atom is 0.183 e. The smallest absolute Gasteiger partial charge is 0.183 e. The molecule has 1 atom stereocenters.